The van der Waals surface area contributed by atoms with E-state index >= 15 is 0 Å². The highest BCUT2D eigenvalue weighted by molar-refractivity contribution is 7.89. The van der Waals surface area contributed by atoms with Gasteiger partial charge in [0.1, 0.15) is 16.5 Å². The van der Waals surface area contributed by atoms with Crippen molar-refractivity contribution in [2.75, 3.05) is 26.2 Å². The van der Waals surface area contributed by atoms with Crippen molar-refractivity contribution in [1.82, 2.24) is 9.21 Å². The minimum Gasteiger partial charge on any atom is -0.335 e. The third kappa shape index (κ3) is 3.58. The number of amides is 1. The number of carbonyl (C=O) groups is 1. The molecule has 134 valence electrons. The molecule has 0 aliphatic carbocycles. The molecule has 1 aromatic heterocycles. The van der Waals surface area contributed by atoms with Crippen LogP contribution >= 0.6 is 11.3 Å². The first-order valence-electron chi connectivity index (χ1n) is 7.60. The highest BCUT2D eigenvalue weighted by Crippen LogP contribution is 2.23. The topological polar surface area (TPSA) is 57.7 Å². The van der Waals surface area contributed by atoms with Gasteiger partial charge in [-0.05, 0) is 37.3 Å². The Morgan fingerprint density at radius 1 is 1.08 bits per heavy atom. The van der Waals surface area contributed by atoms with Crippen LogP contribution < -0.4 is 0 Å². The Kier molecular flexibility index (Phi) is 4.90. The number of piperazine rings is 1. The van der Waals surface area contributed by atoms with Crippen LogP contribution in [0.15, 0.2) is 35.2 Å². The van der Waals surface area contributed by atoms with Gasteiger partial charge in [-0.3, -0.25) is 4.79 Å². The molecule has 2 aromatic rings. The lowest BCUT2D eigenvalue weighted by Crippen LogP contribution is -2.50. The van der Waals surface area contributed by atoms with Gasteiger partial charge in [-0.2, -0.15) is 4.31 Å². The summed E-state index contributed by atoms with van der Waals surface area (Å²) in [6, 6.07) is 5.94. The maximum Gasteiger partial charge on any atom is 0.264 e. The molecule has 5 nitrogen and oxygen atoms in total. The molecule has 0 radical (unpaired) electrons. The van der Waals surface area contributed by atoms with Crippen LogP contribution in [0.2, 0.25) is 0 Å². The molecule has 25 heavy (non-hydrogen) atoms. The molecule has 1 aliphatic heterocycles. The number of rotatable bonds is 3. The van der Waals surface area contributed by atoms with Gasteiger partial charge in [0.15, 0.2) is 0 Å². The van der Waals surface area contributed by atoms with Crippen molar-refractivity contribution in [3.63, 3.8) is 0 Å². The van der Waals surface area contributed by atoms with Crippen LogP contribution in [0.5, 0.6) is 0 Å². The monoisotopic (exact) mass is 386 g/mol. The van der Waals surface area contributed by atoms with E-state index in [9.17, 15) is 22.0 Å². The van der Waals surface area contributed by atoms with Gasteiger partial charge in [0.2, 0.25) is 10.0 Å². The molecule has 0 atom stereocenters. The average molecular weight is 386 g/mol. The van der Waals surface area contributed by atoms with Gasteiger partial charge >= 0.3 is 0 Å². The van der Waals surface area contributed by atoms with Crippen molar-refractivity contribution in [1.29, 1.82) is 0 Å². The normalized spacial score (nSPS) is 16.2. The Hall–Kier alpha value is -1.84. The van der Waals surface area contributed by atoms with Gasteiger partial charge in [-0.25, -0.2) is 17.2 Å². The first-order chi connectivity index (χ1) is 11.8. The average Bonchev–Trinajstić information content (AvgIpc) is 3.03. The molecule has 9 heteroatoms. The number of benzene rings is 1. The lowest BCUT2D eigenvalue weighted by atomic mass is 10.3. The molecule has 1 aliphatic rings. The third-order valence-corrected chi connectivity index (χ3v) is 6.89. The summed E-state index contributed by atoms with van der Waals surface area (Å²) in [5.74, 6) is -1.96. The highest BCUT2D eigenvalue weighted by atomic mass is 32.2. The fourth-order valence-corrected chi connectivity index (χ4v) is 4.98. The highest BCUT2D eigenvalue weighted by Gasteiger charge is 2.32. The molecule has 1 fully saturated rings. The predicted molar refractivity (Wildman–Crippen MR) is 90.1 cm³/mol. The van der Waals surface area contributed by atoms with Crippen molar-refractivity contribution in [3.8, 4) is 0 Å². The van der Waals surface area contributed by atoms with Crippen molar-refractivity contribution in [3.05, 3.63) is 51.7 Å². The Bertz CT molecular complexity index is 904. The molecule has 1 aromatic carbocycles. The summed E-state index contributed by atoms with van der Waals surface area (Å²) >= 11 is 1.38. The summed E-state index contributed by atoms with van der Waals surface area (Å²) in [7, 11) is -4.14. The second kappa shape index (κ2) is 6.81. The summed E-state index contributed by atoms with van der Waals surface area (Å²) in [6.45, 7) is 2.38. The quantitative estimate of drug-likeness (QED) is 0.814. The minimum absolute atomic E-state index is 0.0361. The SMILES string of the molecule is Cc1ccc(C(=O)N2CCN(S(=O)(=O)c3cc(F)ccc3F)CC2)s1. The second-order valence-electron chi connectivity index (χ2n) is 5.68. The largest absolute Gasteiger partial charge is 0.335 e. The van der Waals surface area contributed by atoms with E-state index in [1.807, 2.05) is 13.0 Å². The molecule has 1 amide bonds. The van der Waals surface area contributed by atoms with Crippen molar-refractivity contribution in [2.45, 2.75) is 11.8 Å². The predicted octanol–water partition coefficient (Wildman–Crippen LogP) is 2.48. The van der Waals surface area contributed by atoms with E-state index in [2.05, 4.69) is 0 Å². The summed E-state index contributed by atoms with van der Waals surface area (Å²) in [4.78, 5) is 14.9. The fraction of sp³-hybridized carbons (Fsp3) is 0.312. The molecule has 0 N–H and O–H groups in total. The lowest BCUT2D eigenvalue weighted by molar-refractivity contribution is 0.0702. The molecule has 3 rings (SSSR count). The van der Waals surface area contributed by atoms with Crippen molar-refractivity contribution >= 4 is 27.3 Å². The number of hydrogen-bond acceptors (Lipinski definition) is 4. The van der Waals surface area contributed by atoms with E-state index < -0.39 is 26.6 Å². The van der Waals surface area contributed by atoms with Crippen LogP contribution in [-0.4, -0.2) is 49.7 Å². The van der Waals surface area contributed by atoms with Crippen LogP contribution in [0.1, 0.15) is 14.5 Å². The van der Waals surface area contributed by atoms with Crippen LogP contribution in [0.3, 0.4) is 0 Å². The maximum atomic E-state index is 13.8. The Labute approximate surface area is 148 Å². The molecule has 0 saturated carbocycles. The zero-order valence-electron chi connectivity index (χ0n) is 13.4. The zero-order chi connectivity index (χ0) is 18.2. The summed E-state index contributed by atoms with van der Waals surface area (Å²) < 4.78 is 53.2. The number of halogens is 2. The molecule has 0 bridgehead atoms. The Morgan fingerprint density at radius 2 is 1.76 bits per heavy atom. The summed E-state index contributed by atoms with van der Waals surface area (Å²) in [6.07, 6.45) is 0. The fourth-order valence-electron chi connectivity index (χ4n) is 2.65. The minimum atomic E-state index is -4.14. The Morgan fingerprint density at radius 3 is 2.36 bits per heavy atom. The maximum absolute atomic E-state index is 13.8. The second-order valence-corrected chi connectivity index (χ2v) is 8.88. The molecule has 1 saturated heterocycles. The molecule has 2 heterocycles. The standard InChI is InChI=1S/C16H16F2N2O3S2/c1-11-2-5-14(24-11)16(21)19-6-8-20(9-7-19)25(22,23)15-10-12(17)3-4-13(15)18/h2-5,10H,6-9H2,1H3. The molecule has 0 unspecified atom stereocenters. The smallest absolute Gasteiger partial charge is 0.264 e. The van der Waals surface area contributed by atoms with E-state index in [1.54, 1.807) is 11.0 Å². The number of hydrogen-bond donors (Lipinski definition) is 0. The van der Waals surface area contributed by atoms with Gasteiger partial charge in [-0.1, -0.05) is 0 Å². The van der Waals surface area contributed by atoms with Gasteiger partial charge < -0.3 is 4.90 Å². The van der Waals surface area contributed by atoms with Crippen molar-refractivity contribution < 1.29 is 22.0 Å². The molecular weight excluding hydrogens is 370 g/mol. The molecule has 0 spiro atoms. The van der Waals surface area contributed by atoms with Gasteiger partial charge in [-0.15, -0.1) is 11.3 Å². The van der Waals surface area contributed by atoms with Crippen LogP contribution in [-0.2, 0) is 10.0 Å². The van der Waals surface area contributed by atoms with Crippen molar-refractivity contribution in [2.24, 2.45) is 0 Å². The van der Waals surface area contributed by atoms with Gasteiger partial charge in [0, 0.05) is 31.1 Å². The van der Waals surface area contributed by atoms with E-state index in [1.165, 1.54) is 11.3 Å². The summed E-state index contributed by atoms with van der Waals surface area (Å²) in [5, 5.41) is 0. The van der Waals surface area contributed by atoms with E-state index in [-0.39, 0.29) is 32.1 Å². The first-order valence-corrected chi connectivity index (χ1v) is 9.85. The van der Waals surface area contributed by atoms with Crippen LogP contribution in [0.4, 0.5) is 8.78 Å². The van der Waals surface area contributed by atoms with E-state index in [4.69, 9.17) is 0 Å². The van der Waals surface area contributed by atoms with Crippen LogP contribution in [0, 0.1) is 18.6 Å². The van der Waals surface area contributed by atoms with Gasteiger partial charge in [0.05, 0.1) is 4.88 Å². The third-order valence-electron chi connectivity index (χ3n) is 3.99. The number of nitrogens with zero attached hydrogens (tertiary/aromatic N) is 2. The number of carbonyl (C=O) groups excluding carboxylic acids is 1. The van der Waals surface area contributed by atoms with E-state index in [0.29, 0.717) is 10.9 Å². The summed E-state index contributed by atoms with van der Waals surface area (Å²) in [5.41, 5.74) is 0. The van der Waals surface area contributed by atoms with E-state index in [0.717, 1.165) is 21.3 Å². The lowest BCUT2D eigenvalue weighted by Gasteiger charge is -2.33. The first kappa shape index (κ1) is 18.0. The number of sulfonamides is 1. The van der Waals surface area contributed by atoms with Crippen LogP contribution in [0.25, 0.3) is 0 Å². The Balaban J connectivity index is 1.73. The number of aryl methyl sites for hydroxylation is 1. The van der Waals surface area contributed by atoms with Gasteiger partial charge in [0.25, 0.3) is 5.91 Å². The molecular formula is C16H16F2N2O3S2. The number of thiophene rings is 1. The zero-order valence-corrected chi connectivity index (χ0v) is 15.0.